The van der Waals surface area contributed by atoms with Crippen LogP contribution < -0.4 is 10.2 Å². The molecule has 0 saturated carbocycles. The Balaban J connectivity index is 1.47. The molecule has 8 unspecified atom stereocenters. The van der Waals surface area contributed by atoms with E-state index in [1.54, 1.807) is 0 Å². The summed E-state index contributed by atoms with van der Waals surface area (Å²) in [6, 6.07) is 3.78. The van der Waals surface area contributed by atoms with Crippen molar-refractivity contribution in [2.24, 2.45) is 0 Å². The van der Waals surface area contributed by atoms with Crippen LogP contribution >= 0.6 is 0 Å². The number of hydrogen-bond donors (Lipinski definition) is 10. The normalized spacial score (nSPS) is 29.5. The molecule has 16 nitrogen and oxygen atoms in total. The summed E-state index contributed by atoms with van der Waals surface area (Å²) < 4.78 is 28.1. The van der Waals surface area contributed by atoms with E-state index in [4.69, 9.17) is 23.4 Å². The molecule has 5 rings (SSSR count). The van der Waals surface area contributed by atoms with Crippen molar-refractivity contribution >= 4 is 11.0 Å². The largest absolute Gasteiger partial charge is 0.508 e. The van der Waals surface area contributed by atoms with Gasteiger partial charge in [-0.1, -0.05) is 0 Å². The Morgan fingerprint density at radius 1 is 0.837 bits per heavy atom. The summed E-state index contributed by atoms with van der Waals surface area (Å²) in [6.07, 6.45) is -11.3. The van der Waals surface area contributed by atoms with Crippen molar-refractivity contribution < 1.29 is 74.4 Å². The summed E-state index contributed by atoms with van der Waals surface area (Å²) in [5.74, 6) is -4.62. The molecule has 2 saturated heterocycles. The van der Waals surface area contributed by atoms with Crippen LogP contribution in [0.1, 0.15) is 12.8 Å². The Morgan fingerprint density at radius 3 is 2.19 bits per heavy atom. The number of benzene rings is 2. The van der Waals surface area contributed by atoms with Gasteiger partial charge in [-0.05, 0) is 12.1 Å². The average Bonchev–Trinajstić information content (AvgIpc) is 2.95. The highest BCUT2D eigenvalue weighted by Crippen LogP contribution is 2.43. The van der Waals surface area contributed by atoms with Gasteiger partial charge in [0.05, 0.1) is 31.5 Å². The number of phenols is 5. The number of aliphatic hydroxyl groups excluding tert-OH is 5. The summed E-state index contributed by atoms with van der Waals surface area (Å²) in [7, 11) is 0. The van der Waals surface area contributed by atoms with Crippen LogP contribution in [-0.2, 0) is 14.2 Å². The van der Waals surface area contributed by atoms with Gasteiger partial charge in [-0.2, -0.15) is 0 Å². The monoisotopic (exact) mass is 610 g/mol. The quantitative estimate of drug-likeness (QED) is 0.144. The second kappa shape index (κ2) is 12.0. The third kappa shape index (κ3) is 5.99. The molecule has 2 aliphatic heterocycles. The van der Waals surface area contributed by atoms with E-state index < -0.39 is 120 Å². The fourth-order valence-corrected chi connectivity index (χ4v) is 4.92. The van der Waals surface area contributed by atoms with Crippen LogP contribution in [-0.4, -0.2) is 113 Å². The number of aromatic hydroxyl groups is 5. The molecule has 2 aliphatic rings. The highest BCUT2D eigenvalue weighted by Gasteiger charge is 2.42. The first kappa shape index (κ1) is 30.6. The molecule has 2 fully saturated rings. The van der Waals surface area contributed by atoms with Crippen molar-refractivity contribution in [3.8, 4) is 45.8 Å². The maximum absolute atomic E-state index is 13.6. The maximum Gasteiger partial charge on any atom is 0.239 e. The van der Waals surface area contributed by atoms with Crippen LogP contribution in [0.25, 0.3) is 22.3 Å². The fourth-order valence-electron chi connectivity index (χ4n) is 4.92. The highest BCUT2D eigenvalue weighted by atomic mass is 16.7. The molecule has 0 spiro atoms. The van der Waals surface area contributed by atoms with Gasteiger partial charge < -0.3 is 74.4 Å². The van der Waals surface area contributed by atoms with E-state index in [0.717, 1.165) is 24.3 Å². The first-order valence-corrected chi connectivity index (χ1v) is 13.1. The van der Waals surface area contributed by atoms with Crippen molar-refractivity contribution in [3.63, 3.8) is 0 Å². The van der Waals surface area contributed by atoms with Crippen LogP contribution in [0.15, 0.2) is 33.5 Å². The van der Waals surface area contributed by atoms with E-state index in [-0.39, 0.29) is 17.6 Å². The van der Waals surface area contributed by atoms with Crippen molar-refractivity contribution in [2.75, 3.05) is 13.2 Å². The van der Waals surface area contributed by atoms with Gasteiger partial charge in [0.2, 0.25) is 17.5 Å². The second-order valence-corrected chi connectivity index (χ2v) is 10.2. The molecule has 0 amide bonds. The van der Waals surface area contributed by atoms with Crippen LogP contribution in [0.5, 0.6) is 34.5 Å². The molecule has 0 radical (unpaired) electrons. The van der Waals surface area contributed by atoms with Gasteiger partial charge in [-0.25, -0.2) is 0 Å². The average molecular weight is 611 g/mol. The molecule has 234 valence electrons. The number of phenolic OH excluding ortho intramolecular Hbond substituents is 5. The third-order valence-electron chi connectivity index (χ3n) is 7.17. The molecule has 10 N–H and O–H groups in total. The van der Waals surface area contributed by atoms with Gasteiger partial charge in [0, 0.05) is 30.5 Å². The molecule has 0 bridgehead atoms. The molecule has 1 aromatic heterocycles. The van der Waals surface area contributed by atoms with Crippen LogP contribution in [0.4, 0.5) is 0 Å². The van der Waals surface area contributed by atoms with E-state index >= 15 is 0 Å². The lowest BCUT2D eigenvalue weighted by molar-refractivity contribution is -0.294. The molecule has 43 heavy (non-hydrogen) atoms. The molecule has 3 aromatic rings. The Bertz CT molecular complexity index is 1510. The number of rotatable bonds is 7. The lowest BCUT2D eigenvalue weighted by Crippen LogP contribution is -2.54. The fraction of sp³-hybridized carbons (Fsp3) is 0.444. The van der Waals surface area contributed by atoms with Crippen molar-refractivity contribution in [1.82, 2.24) is 0 Å². The minimum absolute atomic E-state index is 0.0445. The minimum Gasteiger partial charge on any atom is -0.508 e. The zero-order valence-corrected chi connectivity index (χ0v) is 22.2. The smallest absolute Gasteiger partial charge is 0.239 e. The highest BCUT2D eigenvalue weighted by molar-refractivity contribution is 5.88. The van der Waals surface area contributed by atoms with Gasteiger partial charge in [-0.3, -0.25) is 4.79 Å². The van der Waals surface area contributed by atoms with Gasteiger partial charge in [-0.15, -0.1) is 0 Å². The lowest BCUT2D eigenvalue weighted by Gasteiger charge is -2.39. The predicted octanol–water partition coefficient (Wildman–Crippen LogP) is -0.951. The summed E-state index contributed by atoms with van der Waals surface area (Å²) in [5, 5.41) is 100. The van der Waals surface area contributed by atoms with Crippen molar-refractivity contribution in [1.29, 1.82) is 0 Å². The Kier molecular flexibility index (Phi) is 8.55. The van der Waals surface area contributed by atoms with E-state index in [1.165, 1.54) is 0 Å². The Morgan fingerprint density at radius 2 is 1.51 bits per heavy atom. The third-order valence-corrected chi connectivity index (χ3v) is 7.17. The first-order chi connectivity index (χ1) is 20.4. The zero-order valence-electron chi connectivity index (χ0n) is 22.2. The van der Waals surface area contributed by atoms with E-state index in [0.29, 0.717) is 0 Å². The molecule has 2 aromatic carbocycles. The molecular weight excluding hydrogens is 580 g/mol. The predicted molar refractivity (Wildman–Crippen MR) is 140 cm³/mol. The lowest BCUT2D eigenvalue weighted by atomic mass is 10.0. The number of hydrogen-bond acceptors (Lipinski definition) is 16. The van der Waals surface area contributed by atoms with E-state index in [2.05, 4.69) is 0 Å². The summed E-state index contributed by atoms with van der Waals surface area (Å²) in [5.41, 5.74) is -1.47. The topological polar surface area (TPSA) is 269 Å². The maximum atomic E-state index is 13.6. The standard InChI is InChI=1S/C27H30O16/c28-7-11-5-15(33)23(37)27(40-11)39-8-18-22(36)16(34)6-19(41-18)43-26-24(38)20-12(30)3-10(29)4-17(20)42-25(26)9-1-13(31)21(35)14(32)2-9/h1-4,11,15-16,18-19,22-23,27-37H,5-8H2. The van der Waals surface area contributed by atoms with Crippen LogP contribution in [0.3, 0.4) is 0 Å². The van der Waals surface area contributed by atoms with Gasteiger partial charge in [0.25, 0.3) is 0 Å². The van der Waals surface area contributed by atoms with Crippen LogP contribution in [0, 0.1) is 0 Å². The molecule has 16 heteroatoms. The summed E-state index contributed by atoms with van der Waals surface area (Å²) in [4.78, 5) is 13.6. The van der Waals surface area contributed by atoms with Gasteiger partial charge in [0.15, 0.2) is 29.3 Å². The second-order valence-electron chi connectivity index (χ2n) is 10.2. The molecule has 0 aliphatic carbocycles. The van der Waals surface area contributed by atoms with Gasteiger partial charge >= 0.3 is 0 Å². The number of aliphatic hydroxyl groups is 5. The number of ether oxygens (including phenoxy) is 4. The molecular formula is C27H30O16. The number of fused-ring (bicyclic) bond motifs is 1. The SMILES string of the molecule is O=c1c(OC2CC(O)C(O)C(COC3OC(CO)CC(O)C3O)O2)c(-c2cc(O)c(O)c(O)c2)oc2cc(O)cc(O)c12. The molecule has 8 atom stereocenters. The molecule has 3 heterocycles. The summed E-state index contributed by atoms with van der Waals surface area (Å²) >= 11 is 0. The van der Waals surface area contributed by atoms with Crippen molar-refractivity contribution in [2.45, 2.75) is 62.0 Å². The minimum atomic E-state index is -1.54. The Hall–Kier alpha value is -3.87. The van der Waals surface area contributed by atoms with E-state index in [9.17, 15) is 55.9 Å². The van der Waals surface area contributed by atoms with Crippen molar-refractivity contribution in [3.05, 3.63) is 34.5 Å². The van der Waals surface area contributed by atoms with E-state index in [1.807, 2.05) is 0 Å². The van der Waals surface area contributed by atoms with Crippen LogP contribution in [0.2, 0.25) is 0 Å². The zero-order chi connectivity index (χ0) is 31.2. The Labute approximate surface area is 241 Å². The summed E-state index contributed by atoms with van der Waals surface area (Å²) in [6.45, 7) is -0.965. The first-order valence-electron chi connectivity index (χ1n) is 13.1. The van der Waals surface area contributed by atoms with Gasteiger partial charge in [0.1, 0.15) is 40.8 Å².